The molecule has 0 atom stereocenters. The highest BCUT2D eigenvalue weighted by molar-refractivity contribution is 7.20. The predicted molar refractivity (Wildman–Crippen MR) is 81.0 cm³/mol. The molecule has 0 unspecified atom stereocenters. The predicted octanol–water partition coefficient (Wildman–Crippen LogP) is 2.27. The van der Waals surface area contributed by atoms with Crippen molar-refractivity contribution in [1.29, 1.82) is 0 Å². The number of carbonyl (C=O) groups is 1. The Bertz CT molecular complexity index is 694. The average molecular weight is 307 g/mol. The van der Waals surface area contributed by atoms with Gasteiger partial charge in [-0.1, -0.05) is 0 Å². The van der Waals surface area contributed by atoms with E-state index >= 15 is 0 Å². The number of thiophene rings is 1. The first-order valence-corrected chi connectivity index (χ1v) is 7.70. The van der Waals surface area contributed by atoms with Gasteiger partial charge < -0.3 is 15.5 Å². The lowest BCUT2D eigenvalue weighted by atomic mass is 10.0. The van der Waals surface area contributed by atoms with Crippen LogP contribution in [0.2, 0.25) is 0 Å². The zero-order valence-electron chi connectivity index (χ0n) is 11.7. The van der Waals surface area contributed by atoms with Gasteiger partial charge in [-0.3, -0.25) is 0 Å². The van der Waals surface area contributed by atoms with Gasteiger partial charge in [0.05, 0.1) is 5.39 Å². The number of hydrogen-bond acceptors (Lipinski definition) is 6. The summed E-state index contributed by atoms with van der Waals surface area (Å²) in [6.07, 6.45) is 4.46. The van der Waals surface area contributed by atoms with Gasteiger partial charge in [0.2, 0.25) is 0 Å². The summed E-state index contributed by atoms with van der Waals surface area (Å²) >= 11 is 1.17. The van der Waals surface area contributed by atoms with Crippen molar-refractivity contribution < 1.29 is 15.0 Å². The molecule has 1 aliphatic carbocycles. The molecule has 2 aromatic heterocycles. The maximum atomic E-state index is 11.2. The first-order chi connectivity index (χ1) is 10.1. The van der Waals surface area contributed by atoms with Gasteiger partial charge in [0.15, 0.2) is 0 Å². The van der Waals surface area contributed by atoms with Crippen LogP contribution in [-0.4, -0.2) is 39.3 Å². The number of aromatic carboxylic acids is 1. The molecule has 21 heavy (non-hydrogen) atoms. The number of carboxylic acid groups (broad SMARTS) is 1. The van der Waals surface area contributed by atoms with Crippen LogP contribution in [-0.2, 0) is 0 Å². The van der Waals surface area contributed by atoms with Crippen LogP contribution in [0.4, 0.5) is 5.82 Å². The number of rotatable bonds is 6. The molecule has 0 amide bonds. The van der Waals surface area contributed by atoms with E-state index in [1.165, 1.54) is 17.7 Å². The minimum Gasteiger partial charge on any atom is -0.477 e. The lowest BCUT2D eigenvalue weighted by molar-refractivity contribution is 0.0701. The topological polar surface area (TPSA) is 95.3 Å². The summed E-state index contributed by atoms with van der Waals surface area (Å²) in [5.74, 6) is -0.245. The summed E-state index contributed by atoms with van der Waals surface area (Å²) < 4.78 is 0. The Morgan fingerprint density at radius 2 is 2.24 bits per heavy atom. The molecule has 0 spiro atoms. The molecule has 2 heterocycles. The van der Waals surface area contributed by atoms with Crippen molar-refractivity contribution >= 4 is 33.3 Å². The molecule has 1 fully saturated rings. The Morgan fingerprint density at radius 3 is 2.86 bits per heavy atom. The fourth-order valence-corrected chi connectivity index (χ4v) is 3.60. The molecule has 1 aliphatic rings. The van der Waals surface area contributed by atoms with Crippen molar-refractivity contribution in [1.82, 2.24) is 9.97 Å². The van der Waals surface area contributed by atoms with Crippen LogP contribution in [0.3, 0.4) is 0 Å². The van der Waals surface area contributed by atoms with Crippen molar-refractivity contribution in [2.24, 2.45) is 5.41 Å². The molecular formula is C14H17N3O3S. The quantitative estimate of drug-likeness (QED) is 0.758. The van der Waals surface area contributed by atoms with Crippen molar-refractivity contribution in [3.8, 4) is 0 Å². The minimum absolute atomic E-state index is 0.172. The van der Waals surface area contributed by atoms with E-state index in [4.69, 9.17) is 5.11 Å². The Balaban J connectivity index is 1.90. The number of aryl methyl sites for hydroxylation is 1. The van der Waals surface area contributed by atoms with Crippen LogP contribution in [0.25, 0.3) is 10.2 Å². The van der Waals surface area contributed by atoms with Crippen molar-refractivity contribution in [3.05, 3.63) is 16.8 Å². The third kappa shape index (κ3) is 2.58. The lowest BCUT2D eigenvalue weighted by Crippen LogP contribution is -2.17. The van der Waals surface area contributed by atoms with Crippen LogP contribution < -0.4 is 5.32 Å². The number of anilines is 1. The summed E-state index contributed by atoms with van der Waals surface area (Å²) in [4.78, 5) is 20.7. The summed E-state index contributed by atoms with van der Waals surface area (Å²) in [5, 5.41) is 22.4. The zero-order chi connectivity index (χ0) is 15.0. The van der Waals surface area contributed by atoms with E-state index in [0.29, 0.717) is 21.1 Å². The van der Waals surface area contributed by atoms with Crippen LogP contribution in [0, 0.1) is 12.3 Å². The Hall–Kier alpha value is -1.73. The van der Waals surface area contributed by atoms with Gasteiger partial charge in [-0.15, -0.1) is 11.3 Å². The highest BCUT2D eigenvalue weighted by atomic mass is 32.1. The van der Waals surface area contributed by atoms with E-state index in [-0.39, 0.29) is 12.0 Å². The van der Waals surface area contributed by atoms with Gasteiger partial charge in [0, 0.05) is 13.2 Å². The van der Waals surface area contributed by atoms with Gasteiger partial charge in [0.25, 0.3) is 0 Å². The lowest BCUT2D eigenvalue weighted by Gasteiger charge is -2.15. The first kappa shape index (κ1) is 14.2. The summed E-state index contributed by atoms with van der Waals surface area (Å²) in [7, 11) is 0. The highest BCUT2D eigenvalue weighted by Gasteiger charge is 2.41. The van der Waals surface area contributed by atoms with Crippen LogP contribution in [0.1, 0.15) is 34.5 Å². The van der Waals surface area contributed by atoms with Crippen LogP contribution in [0.15, 0.2) is 6.33 Å². The van der Waals surface area contributed by atoms with Crippen LogP contribution >= 0.6 is 11.3 Å². The number of aliphatic hydroxyl groups is 1. The number of nitrogens with one attached hydrogen (secondary N) is 1. The normalized spacial score (nSPS) is 16.1. The number of carboxylic acids is 1. The second-order valence-corrected chi connectivity index (χ2v) is 6.59. The fourth-order valence-electron chi connectivity index (χ4n) is 2.61. The third-order valence-electron chi connectivity index (χ3n) is 4.15. The molecule has 112 valence electrons. The van der Waals surface area contributed by atoms with E-state index in [0.717, 1.165) is 31.2 Å². The molecule has 0 aromatic carbocycles. The summed E-state index contributed by atoms with van der Waals surface area (Å²) in [6, 6.07) is 0. The van der Waals surface area contributed by atoms with E-state index in [1.54, 1.807) is 6.92 Å². The molecular weight excluding hydrogens is 290 g/mol. The Morgan fingerprint density at radius 1 is 1.48 bits per heavy atom. The minimum atomic E-state index is -0.930. The van der Waals surface area contributed by atoms with Crippen molar-refractivity contribution in [2.75, 3.05) is 18.5 Å². The number of aliphatic hydroxyl groups excluding tert-OH is 1. The van der Waals surface area contributed by atoms with Gasteiger partial charge in [0.1, 0.15) is 21.9 Å². The maximum Gasteiger partial charge on any atom is 0.346 e. The molecule has 6 nitrogen and oxygen atoms in total. The van der Waals surface area contributed by atoms with E-state index < -0.39 is 5.97 Å². The van der Waals surface area contributed by atoms with Gasteiger partial charge >= 0.3 is 5.97 Å². The first-order valence-electron chi connectivity index (χ1n) is 6.88. The number of hydrogen-bond donors (Lipinski definition) is 3. The largest absolute Gasteiger partial charge is 0.477 e. The summed E-state index contributed by atoms with van der Waals surface area (Å²) in [6.45, 7) is 2.73. The molecule has 0 radical (unpaired) electrons. The zero-order valence-corrected chi connectivity index (χ0v) is 12.5. The Kier molecular flexibility index (Phi) is 3.54. The second kappa shape index (κ2) is 5.23. The molecule has 0 aliphatic heterocycles. The van der Waals surface area contributed by atoms with Crippen molar-refractivity contribution in [2.45, 2.75) is 26.2 Å². The van der Waals surface area contributed by atoms with Gasteiger partial charge in [-0.05, 0) is 37.2 Å². The second-order valence-electron chi connectivity index (χ2n) is 5.59. The number of aromatic nitrogens is 2. The SMILES string of the molecule is Cc1c(C(=O)O)sc2ncnc(NCC3(CCO)CC3)c12. The van der Waals surface area contributed by atoms with Gasteiger partial charge in [-0.2, -0.15) is 0 Å². The smallest absolute Gasteiger partial charge is 0.346 e. The van der Waals surface area contributed by atoms with E-state index in [1.807, 2.05) is 0 Å². The molecule has 1 saturated carbocycles. The molecule has 3 N–H and O–H groups in total. The maximum absolute atomic E-state index is 11.2. The molecule has 0 bridgehead atoms. The number of nitrogens with zero attached hydrogens (tertiary/aromatic N) is 2. The van der Waals surface area contributed by atoms with E-state index in [9.17, 15) is 9.90 Å². The van der Waals surface area contributed by atoms with Crippen molar-refractivity contribution in [3.63, 3.8) is 0 Å². The molecule has 7 heteroatoms. The number of fused-ring (bicyclic) bond motifs is 1. The monoisotopic (exact) mass is 307 g/mol. The van der Waals surface area contributed by atoms with E-state index in [2.05, 4.69) is 15.3 Å². The van der Waals surface area contributed by atoms with Crippen LogP contribution in [0.5, 0.6) is 0 Å². The Labute approximate surface area is 125 Å². The average Bonchev–Trinajstić information content (AvgIpc) is 3.13. The fraction of sp³-hybridized carbons (Fsp3) is 0.500. The molecule has 2 aromatic rings. The standard InChI is InChI=1S/C14H17N3O3S/c1-8-9-11(15-6-14(2-3-14)4-5-18)16-7-17-12(9)21-10(8)13(19)20/h7,18H,2-6H2,1H3,(H,19,20)(H,15,16,17). The summed E-state index contributed by atoms with van der Waals surface area (Å²) in [5.41, 5.74) is 0.878. The highest BCUT2D eigenvalue weighted by Crippen LogP contribution is 2.48. The molecule has 0 saturated heterocycles. The third-order valence-corrected chi connectivity index (χ3v) is 5.34. The van der Waals surface area contributed by atoms with Gasteiger partial charge in [-0.25, -0.2) is 14.8 Å². The molecule has 3 rings (SSSR count).